The molecule has 0 N–H and O–H groups in total. The van der Waals surface area contributed by atoms with Gasteiger partial charge in [-0.1, -0.05) is 48.5 Å². The molecule has 1 aromatic heterocycles. The van der Waals surface area contributed by atoms with E-state index in [1.54, 1.807) is 13.8 Å². The molecule has 4 rings (SSSR count). The van der Waals surface area contributed by atoms with Gasteiger partial charge in [-0.15, -0.1) is 0 Å². The van der Waals surface area contributed by atoms with Crippen molar-refractivity contribution in [2.75, 3.05) is 13.2 Å². The van der Waals surface area contributed by atoms with E-state index < -0.39 is 11.9 Å². The van der Waals surface area contributed by atoms with Crippen LogP contribution in [0.5, 0.6) is 0 Å². The summed E-state index contributed by atoms with van der Waals surface area (Å²) in [5.41, 5.74) is 0.600. The summed E-state index contributed by atoms with van der Waals surface area (Å²) in [4.78, 5) is 25.2. The zero-order chi connectivity index (χ0) is 19.0. The van der Waals surface area contributed by atoms with E-state index in [0.717, 1.165) is 21.5 Å². The summed E-state index contributed by atoms with van der Waals surface area (Å²) < 4.78 is 16.3. The van der Waals surface area contributed by atoms with Crippen LogP contribution < -0.4 is 0 Å². The van der Waals surface area contributed by atoms with E-state index in [2.05, 4.69) is 0 Å². The third-order valence-corrected chi connectivity index (χ3v) is 4.51. The van der Waals surface area contributed by atoms with Crippen molar-refractivity contribution >= 4 is 44.5 Å². The highest BCUT2D eigenvalue weighted by atomic mass is 16.5. The van der Waals surface area contributed by atoms with Gasteiger partial charge in [-0.2, -0.15) is 0 Å². The molecular formula is C22H18O5. The summed E-state index contributed by atoms with van der Waals surface area (Å²) in [5, 5.41) is 4.19. The van der Waals surface area contributed by atoms with Crippen LogP contribution in [0.2, 0.25) is 0 Å². The summed E-state index contributed by atoms with van der Waals surface area (Å²) in [6.07, 6.45) is 0. The lowest BCUT2D eigenvalue weighted by Crippen LogP contribution is -2.12. The second-order valence-corrected chi connectivity index (χ2v) is 6.04. The first kappa shape index (κ1) is 17.1. The fourth-order valence-electron chi connectivity index (χ4n) is 3.47. The highest BCUT2D eigenvalue weighted by molar-refractivity contribution is 6.29. The predicted molar refractivity (Wildman–Crippen MR) is 103 cm³/mol. The highest BCUT2D eigenvalue weighted by Crippen LogP contribution is 2.40. The van der Waals surface area contributed by atoms with Crippen molar-refractivity contribution in [2.45, 2.75) is 13.8 Å². The van der Waals surface area contributed by atoms with Crippen LogP contribution in [0.4, 0.5) is 0 Å². The topological polar surface area (TPSA) is 65.7 Å². The normalized spacial score (nSPS) is 11.2. The molecule has 136 valence electrons. The van der Waals surface area contributed by atoms with Gasteiger partial charge in [-0.25, -0.2) is 9.59 Å². The number of ether oxygens (including phenoxy) is 2. The first-order valence-electron chi connectivity index (χ1n) is 8.87. The largest absolute Gasteiger partial charge is 0.462 e. The summed E-state index contributed by atoms with van der Waals surface area (Å²) >= 11 is 0. The summed E-state index contributed by atoms with van der Waals surface area (Å²) in [7, 11) is 0. The molecular weight excluding hydrogens is 344 g/mol. The quantitative estimate of drug-likeness (QED) is 0.374. The van der Waals surface area contributed by atoms with Crippen molar-refractivity contribution in [2.24, 2.45) is 0 Å². The molecule has 0 aliphatic heterocycles. The average molecular weight is 362 g/mol. The molecule has 0 aliphatic carbocycles. The van der Waals surface area contributed by atoms with Crippen LogP contribution in [0.15, 0.2) is 52.9 Å². The molecule has 1 heterocycles. The Balaban J connectivity index is 2.21. The Morgan fingerprint density at radius 3 is 1.93 bits per heavy atom. The molecule has 0 amide bonds. The molecule has 4 aromatic rings. The monoisotopic (exact) mass is 362 g/mol. The number of benzene rings is 3. The van der Waals surface area contributed by atoms with E-state index in [9.17, 15) is 9.59 Å². The lowest BCUT2D eigenvalue weighted by molar-refractivity contribution is 0.0454. The zero-order valence-corrected chi connectivity index (χ0v) is 15.1. The van der Waals surface area contributed by atoms with Gasteiger partial charge in [0.2, 0.25) is 5.76 Å². The van der Waals surface area contributed by atoms with Gasteiger partial charge in [0.1, 0.15) is 11.1 Å². The SMILES string of the molecule is CCOC(=O)c1oc2c3ccccc3c3ccccc3c2c1C(=O)OCC. The molecule has 0 bridgehead atoms. The Labute approximate surface area is 155 Å². The minimum Gasteiger partial charge on any atom is -0.462 e. The maximum Gasteiger partial charge on any atom is 0.375 e. The van der Waals surface area contributed by atoms with Crippen molar-refractivity contribution in [1.29, 1.82) is 0 Å². The fourth-order valence-corrected chi connectivity index (χ4v) is 3.47. The van der Waals surface area contributed by atoms with E-state index in [-0.39, 0.29) is 24.5 Å². The number of fused-ring (bicyclic) bond motifs is 6. The third kappa shape index (κ3) is 2.63. The number of hydrogen-bond donors (Lipinski definition) is 0. The number of carbonyl (C=O) groups excluding carboxylic acids is 2. The number of furan rings is 1. The predicted octanol–water partition coefficient (Wildman–Crippen LogP) is 5.09. The molecule has 0 unspecified atom stereocenters. The fraction of sp³-hybridized carbons (Fsp3) is 0.182. The molecule has 0 saturated carbocycles. The molecule has 0 aliphatic rings. The molecule has 0 atom stereocenters. The summed E-state index contributed by atoms with van der Waals surface area (Å²) in [6, 6.07) is 15.5. The smallest absolute Gasteiger partial charge is 0.375 e. The lowest BCUT2D eigenvalue weighted by Gasteiger charge is -2.07. The van der Waals surface area contributed by atoms with Gasteiger partial charge in [0.25, 0.3) is 0 Å². The van der Waals surface area contributed by atoms with E-state index in [1.165, 1.54) is 0 Å². The maximum absolute atomic E-state index is 12.7. The molecule has 27 heavy (non-hydrogen) atoms. The highest BCUT2D eigenvalue weighted by Gasteiger charge is 2.30. The molecule has 3 aromatic carbocycles. The molecule has 5 heteroatoms. The minimum absolute atomic E-state index is 0.118. The van der Waals surface area contributed by atoms with Gasteiger partial charge in [0.05, 0.1) is 13.2 Å². The molecule has 0 radical (unpaired) electrons. The standard InChI is InChI=1S/C22H18O5/c1-3-25-21(23)18-17-15-11-7-5-9-13(15)14-10-6-8-12-16(14)19(17)27-20(18)22(24)26-4-2/h5-12H,3-4H2,1-2H3. The van der Waals surface area contributed by atoms with Crippen molar-refractivity contribution < 1.29 is 23.5 Å². The first-order valence-corrected chi connectivity index (χ1v) is 8.87. The van der Waals surface area contributed by atoms with Gasteiger partial charge in [-0.05, 0) is 30.0 Å². The van der Waals surface area contributed by atoms with E-state index >= 15 is 0 Å². The van der Waals surface area contributed by atoms with E-state index in [4.69, 9.17) is 13.9 Å². The Morgan fingerprint density at radius 1 is 0.778 bits per heavy atom. The van der Waals surface area contributed by atoms with Gasteiger partial charge in [-0.3, -0.25) is 0 Å². The average Bonchev–Trinajstić information content (AvgIpc) is 3.10. The van der Waals surface area contributed by atoms with Gasteiger partial charge in [0, 0.05) is 10.8 Å². The zero-order valence-electron chi connectivity index (χ0n) is 15.1. The van der Waals surface area contributed by atoms with Gasteiger partial charge in [0.15, 0.2) is 0 Å². The Hall–Kier alpha value is -3.34. The van der Waals surface area contributed by atoms with Crippen LogP contribution in [-0.2, 0) is 9.47 Å². The Morgan fingerprint density at radius 2 is 1.30 bits per heavy atom. The van der Waals surface area contributed by atoms with E-state index in [0.29, 0.717) is 11.0 Å². The van der Waals surface area contributed by atoms with E-state index in [1.807, 2.05) is 48.5 Å². The van der Waals surface area contributed by atoms with Crippen LogP contribution in [0.1, 0.15) is 34.8 Å². The summed E-state index contributed by atoms with van der Waals surface area (Å²) in [6.45, 7) is 3.80. The minimum atomic E-state index is -0.676. The maximum atomic E-state index is 12.7. The van der Waals surface area contributed by atoms with Crippen molar-refractivity contribution in [1.82, 2.24) is 0 Å². The Kier molecular flexibility index (Phi) is 4.28. The number of rotatable bonds is 4. The Bertz CT molecular complexity index is 1190. The number of carbonyl (C=O) groups is 2. The van der Waals surface area contributed by atoms with Crippen molar-refractivity contribution in [3.05, 3.63) is 59.9 Å². The molecule has 0 spiro atoms. The van der Waals surface area contributed by atoms with Crippen LogP contribution in [0.3, 0.4) is 0 Å². The van der Waals surface area contributed by atoms with Gasteiger partial charge < -0.3 is 13.9 Å². The number of esters is 2. The van der Waals surface area contributed by atoms with Crippen LogP contribution in [0, 0.1) is 0 Å². The second kappa shape index (κ2) is 6.76. The van der Waals surface area contributed by atoms with Gasteiger partial charge >= 0.3 is 11.9 Å². The second-order valence-electron chi connectivity index (χ2n) is 6.04. The van der Waals surface area contributed by atoms with Crippen LogP contribution in [-0.4, -0.2) is 25.2 Å². The molecule has 0 saturated heterocycles. The van der Waals surface area contributed by atoms with Crippen LogP contribution in [0.25, 0.3) is 32.5 Å². The summed E-state index contributed by atoms with van der Waals surface area (Å²) in [5.74, 6) is -1.39. The van der Waals surface area contributed by atoms with Crippen molar-refractivity contribution in [3.63, 3.8) is 0 Å². The van der Waals surface area contributed by atoms with Crippen LogP contribution >= 0.6 is 0 Å². The lowest BCUT2D eigenvalue weighted by atomic mass is 9.96. The number of hydrogen-bond acceptors (Lipinski definition) is 5. The first-order chi connectivity index (χ1) is 13.2. The molecule has 0 fully saturated rings. The van der Waals surface area contributed by atoms with Crippen molar-refractivity contribution in [3.8, 4) is 0 Å². The third-order valence-electron chi connectivity index (χ3n) is 4.51. The molecule has 5 nitrogen and oxygen atoms in total.